The molecule has 0 aromatic carbocycles. The normalized spacial score (nSPS) is 26.9. The molecule has 0 radical (unpaired) electrons. The van der Waals surface area contributed by atoms with Crippen LogP contribution in [0, 0.1) is 31.6 Å². The number of aryl methyl sites for hydroxylation is 2. The Labute approximate surface area is 354 Å². The Bertz CT molecular complexity index is 2060. The van der Waals surface area contributed by atoms with Crippen molar-refractivity contribution in [2.75, 3.05) is 33.0 Å². The van der Waals surface area contributed by atoms with Gasteiger partial charge in [0.15, 0.2) is 0 Å². The lowest BCUT2D eigenvalue weighted by molar-refractivity contribution is -0.148. The summed E-state index contributed by atoms with van der Waals surface area (Å²) in [5.74, 6) is -6.75. The number of pyridine rings is 2. The molecule has 2 aliphatic carbocycles. The topological polar surface area (TPSA) is 368 Å². The van der Waals surface area contributed by atoms with Crippen LogP contribution in [0.2, 0.25) is 0 Å². The predicted molar refractivity (Wildman–Crippen MR) is 216 cm³/mol. The smallest absolute Gasteiger partial charge is 0.306 e. The third-order valence-electron chi connectivity index (χ3n) is 11.0. The molecule has 8 unspecified atom stereocenters. The van der Waals surface area contributed by atoms with E-state index < -0.39 is 102 Å². The van der Waals surface area contributed by atoms with Crippen LogP contribution in [0.25, 0.3) is 0 Å². The molecule has 25 heteroatoms. The standard InChI is InChI=1S/C37H56N12O13/c1-18-9-26(52)48(30(54)28(18)46-44-23-12-20(32(56)57)11-21(13-23)33(58)59)6-3-38-35-41-36(43-37(42-35)40-5-8-50)39-4-7-49-27(53)10-19(2)29(31(49)55)47-45-24-14-22(34(60)61)15-25(16-24)62-17-51/h9-10,20-25,35-43,50-51,54-55H,3-8,11-17H2,1-2H3,(H,56,57)(H,58,59)(H,60,61). The molecule has 2 saturated carbocycles. The highest BCUT2D eigenvalue weighted by Gasteiger charge is 2.37. The number of rotatable bonds is 20. The summed E-state index contributed by atoms with van der Waals surface area (Å²) in [5.41, 5.74) is -0.326. The van der Waals surface area contributed by atoms with Gasteiger partial charge in [0.1, 0.15) is 37.0 Å². The van der Waals surface area contributed by atoms with Gasteiger partial charge in [0.2, 0.25) is 11.8 Å². The first-order chi connectivity index (χ1) is 29.6. The molecule has 2 aromatic heterocycles. The van der Waals surface area contributed by atoms with Crippen molar-refractivity contribution in [2.24, 2.45) is 38.2 Å². The van der Waals surface area contributed by atoms with E-state index in [0.29, 0.717) is 17.5 Å². The van der Waals surface area contributed by atoms with E-state index in [1.807, 2.05) is 0 Å². The number of aromatic nitrogens is 2. The maximum atomic E-state index is 13.0. The van der Waals surface area contributed by atoms with E-state index in [9.17, 15) is 59.7 Å². The predicted octanol–water partition coefficient (Wildman–Crippen LogP) is -1.16. The van der Waals surface area contributed by atoms with Crippen LogP contribution in [0.5, 0.6) is 11.8 Å². The number of carbonyl (C=O) groups is 3. The summed E-state index contributed by atoms with van der Waals surface area (Å²) in [4.78, 5) is 60.9. The SMILES string of the molecule is Cc1cc(=O)n(CCNC2NC(NCCO)NC(NCCn3c(O)c(N=NC4CC(C(=O)O)CC(C(=O)O)C4)c(C)cc3=O)N2)c(O)c1N=NC1CC(OCO)CC(C(=O)O)C1. The largest absolute Gasteiger partial charge is 0.493 e. The molecule has 62 heavy (non-hydrogen) atoms. The first-order valence-electron chi connectivity index (χ1n) is 20.3. The Morgan fingerprint density at radius 1 is 0.661 bits per heavy atom. The molecule has 342 valence electrons. The molecule has 5 rings (SSSR count). The van der Waals surface area contributed by atoms with E-state index in [4.69, 9.17) is 4.74 Å². The number of aliphatic carboxylic acids is 3. The molecule has 0 amide bonds. The van der Waals surface area contributed by atoms with Gasteiger partial charge in [-0.1, -0.05) is 0 Å². The van der Waals surface area contributed by atoms with Crippen LogP contribution in [0.1, 0.15) is 49.7 Å². The van der Waals surface area contributed by atoms with Crippen LogP contribution >= 0.6 is 0 Å². The molecule has 1 saturated heterocycles. The van der Waals surface area contributed by atoms with Crippen molar-refractivity contribution in [2.45, 2.75) is 103 Å². The maximum absolute atomic E-state index is 13.0. The van der Waals surface area contributed by atoms with Crippen LogP contribution in [0.4, 0.5) is 11.4 Å². The van der Waals surface area contributed by atoms with Gasteiger partial charge in [-0.25, -0.2) is 0 Å². The number of aromatic hydroxyl groups is 2. The van der Waals surface area contributed by atoms with Gasteiger partial charge >= 0.3 is 17.9 Å². The quantitative estimate of drug-likeness (QED) is 0.0551. The zero-order chi connectivity index (χ0) is 45.1. The van der Waals surface area contributed by atoms with E-state index in [1.54, 1.807) is 13.8 Å². The second-order valence-electron chi connectivity index (χ2n) is 15.5. The number of hydrogen-bond donors (Lipinski definition) is 13. The van der Waals surface area contributed by atoms with Crippen molar-refractivity contribution in [3.05, 3.63) is 44.0 Å². The zero-order valence-electron chi connectivity index (χ0n) is 34.3. The maximum Gasteiger partial charge on any atom is 0.306 e. The monoisotopic (exact) mass is 876 g/mol. The average Bonchev–Trinajstić information content (AvgIpc) is 3.22. The Morgan fingerprint density at radius 2 is 1.06 bits per heavy atom. The summed E-state index contributed by atoms with van der Waals surface area (Å²) in [6.45, 7) is 2.85. The minimum atomic E-state index is -1.12. The Balaban J connectivity index is 1.21. The molecule has 25 nitrogen and oxygen atoms in total. The summed E-state index contributed by atoms with van der Waals surface area (Å²) in [7, 11) is 0. The van der Waals surface area contributed by atoms with Crippen LogP contribution in [0.15, 0.2) is 42.2 Å². The number of carboxylic acids is 3. The zero-order valence-corrected chi connectivity index (χ0v) is 34.3. The molecule has 1 aliphatic heterocycles. The molecule has 0 bridgehead atoms. The van der Waals surface area contributed by atoms with Crippen LogP contribution in [-0.4, -0.2) is 133 Å². The molecule has 8 atom stereocenters. The average molecular weight is 877 g/mol. The van der Waals surface area contributed by atoms with Crippen molar-refractivity contribution < 1.29 is 54.9 Å². The summed E-state index contributed by atoms with van der Waals surface area (Å²) < 4.78 is 7.44. The molecule has 13 N–H and O–H groups in total. The number of nitrogens with zero attached hydrogens (tertiary/aromatic N) is 6. The van der Waals surface area contributed by atoms with Gasteiger partial charge in [-0.15, -0.1) is 10.2 Å². The van der Waals surface area contributed by atoms with Crippen molar-refractivity contribution in [1.82, 2.24) is 41.0 Å². The number of aliphatic hydroxyl groups excluding tert-OH is 2. The van der Waals surface area contributed by atoms with Crippen LogP contribution in [-0.2, 0) is 32.2 Å². The Morgan fingerprint density at radius 3 is 1.47 bits per heavy atom. The van der Waals surface area contributed by atoms with Gasteiger partial charge in [-0.3, -0.25) is 65.0 Å². The summed E-state index contributed by atoms with van der Waals surface area (Å²) >= 11 is 0. The van der Waals surface area contributed by atoms with E-state index >= 15 is 0 Å². The molecular weight excluding hydrogens is 820 g/mol. The summed E-state index contributed by atoms with van der Waals surface area (Å²) in [5, 5.41) is 105. The molecule has 3 aliphatic rings. The number of ether oxygens (including phenoxy) is 1. The number of azo groups is 2. The highest BCUT2D eigenvalue weighted by atomic mass is 16.6. The van der Waals surface area contributed by atoms with Crippen molar-refractivity contribution >= 4 is 29.3 Å². The molecule has 0 spiro atoms. The second-order valence-corrected chi connectivity index (χ2v) is 15.5. The first kappa shape index (κ1) is 47.8. The van der Waals surface area contributed by atoms with E-state index in [1.165, 1.54) is 12.1 Å². The fraction of sp³-hybridized carbons (Fsp3) is 0.649. The molecule has 3 heterocycles. The van der Waals surface area contributed by atoms with Gasteiger partial charge in [0.25, 0.3) is 11.1 Å². The van der Waals surface area contributed by atoms with Gasteiger partial charge in [0, 0.05) is 44.9 Å². The van der Waals surface area contributed by atoms with Crippen molar-refractivity contribution in [1.29, 1.82) is 0 Å². The third kappa shape index (κ3) is 12.7. The fourth-order valence-electron chi connectivity index (χ4n) is 7.85. The van der Waals surface area contributed by atoms with Gasteiger partial charge in [-0.05, 0) is 63.5 Å². The number of hydrogen-bond acceptors (Lipinski definition) is 20. The summed E-state index contributed by atoms with van der Waals surface area (Å²) in [6.07, 6.45) is -1.49. The highest BCUT2D eigenvalue weighted by Crippen LogP contribution is 2.35. The molecule has 2 aromatic rings. The van der Waals surface area contributed by atoms with Crippen molar-refractivity contribution in [3.63, 3.8) is 0 Å². The number of nitrogens with one attached hydrogen (secondary N) is 6. The minimum Gasteiger partial charge on any atom is -0.493 e. The minimum absolute atomic E-state index is 0.0131. The lowest BCUT2D eigenvalue weighted by Gasteiger charge is -2.39. The van der Waals surface area contributed by atoms with Gasteiger partial charge < -0.3 is 40.5 Å². The molecular formula is C37H56N12O13. The Hall–Kier alpha value is -5.25. The third-order valence-corrected chi connectivity index (χ3v) is 11.0. The van der Waals surface area contributed by atoms with Crippen LogP contribution in [0.3, 0.4) is 0 Å². The van der Waals surface area contributed by atoms with Gasteiger partial charge in [0.05, 0.1) is 42.5 Å². The second kappa shape index (κ2) is 22.2. The lowest BCUT2D eigenvalue weighted by atomic mass is 9.79. The first-order valence-corrected chi connectivity index (χ1v) is 20.3. The number of aliphatic hydroxyl groups is 2. The van der Waals surface area contributed by atoms with Gasteiger partial charge in [-0.2, -0.15) is 10.2 Å². The number of carboxylic acid groups (broad SMARTS) is 3. The van der Waals surface area contributed by atoms with Crippen LogP contribution < -0.4 is 43.0 Å². The Kier molecular flexibility index (Phi) is 17.1. The van der Waals surface area contributed by atoms with E-state index in [2.05, 4.69) is 52.4 Å². The highest BCUT2D eigenvalue weighted by molar-refractivity contribution is 5.74. The molecule has 3 fully saturated rings. The van der Waals surface area contributed by atoms with E-state index in [-0.39, 0.29) is 82.8 Å². The van der Waals surface area contributed by atoms with Crippen molar-refractivity contribution in [3.8, 4) is 11.8 Å². The lowest BCUT2D eigenvalue weighted by Crippen LogP contribution is -2.77. The summed E-state index contributed by atoms with van der Waals surface area (Å²) in [6, 6.07) is 1.28. The van der Waals surface area contributed by atoms with E-state index in [0.717, 1.165) is 9.13 Å². The fourth-order valence-corrected chi connectivity index (χ4v) is 7.85.